The number of benzene rings is 1. The summed E-state index contributed by atoms with van der Waals surface area (Å²) in [7, 11) is 0. The fourth-order valence-corrected chi connectivity index (χ4v) is 1.30. The number of hydrogen-bond acceptors (Lipinski definition) is 4. The number of anilines is 1. The summed E-state index contributed by atoms with van der Waals surface area (Å²) in [4.78, 5) is 11.0. The monoisotopic (exact) mass is 238 g/mol. The molecule has 0 aliphatic heterocycles. The third-order valence-corrected chi connectivity index (χ3v) is 2.19. The Kier molecular flexibility index (Phi) is 6.06. The summed E-state index contributed by atoms with van der Waals surface area (Å²) in [6.07, 6.45) is 0.734. The Morgan fingerprint density at radius 3 is 2.71 bits per heavy atom. The summed E-state index contributed by atoms with van der Waals surface area (Å²) in [5.41, 5.74) is 6.08. The van der Waals surface area contributed by atoms with E-state index in [9.17, 15) is 4.79 Å². The predicted molar refractivity (Wildman–Crippen MR) is 66.0 cm³/mol. The number of nitrogens with two attached hydrogens (primary N) is 1. The van der Waals surface area contributed by atoms with Crippen LogP contribution in [0, 0.1) is 0 Å². The van der Waals surface area contributed by atoms with Crippen molar-refractivity contribution in [2.45, 2.75) is 12.5 Å². The highest BCUT2D eigenvalue weighted by molar-refractivity contribution is 5.77. The van der Waals surface area contributed by atoms with Crippen LogP contribution in [-0.4, -0.2) is 36.9 Å². The van der Waals surface area contributed by atoms with E-state index in [0.29, 0.717) is 13.2 Å². The average Bonchev–Trinajstić information content (AvgIpc) is 2.34. The number of carbonyl (C=O) groups is 1. The van der Waals surface area contributed by atoms with E-state index in [1.807, 2.05) is 30.3 Å². The molecule has 0 unspecified atom stereocenters. The molecule has 1 aromatic carbocycles. The third kappa shape index (κ3) is 5.33. The van der Waals surface area contributed by atoms with Crippen molar-refractivity contribution in [3.63, 3.8) is 0 Å². The Bertz CT molecular complexity index is 330. The van der Waals surface area contributed by atoms with Crippen molar-refractivity contribution >= 4 is 11.7 Å². The zero-order valence-electron chi connectivity index (χ0n) is 9.63. The van der Waals surface area contributed by atoms with Gasteiger partial charge < -0.3 is 20.9 Å². The molecule has 0 amide bonds. The van der Waals surface area contributed by atoms with Gasteiger partial charge in [0.2, 0.25) is 0 Å². The van der Waals surface area contributed by atoms with Crippen LogP contribution in [0.2, 0.25) is 0 Å². The Labute approximate surface area is 101 Å². The molecule has 0 saturated carbocycles. The summed E-state index contributed by atoms with van der Waals surface area (Å²) < 4.78 is 5.25. The van der Waals surface area contributed by atoms with Gasteiger partial charge in [0.25, 0.3) is 0 Å². The van der Waals surface area contributed by atoms with Crippen LogP contribution in [0.4, 0.5) is 5.69 Å². The van der Waals surface area contributed by atoms with Gasteiger partial charge in [-0.1, -0.05) is 18.2 Å². The minimum Gasteiger partial charge on any atom is -0.480 e. The van der Waals surface area contributed by atoms with E-state index in [1.165, 1.54) is 0 Å². The van der Waals surface area contributed by atoms with Gasteiger partial charge in [0.15, 0.2) is 0 Å². The minimum atomic E-state index is -0.929. The minimum absolute atomic E-state index is 0.129. The predicted octanol–water partition coefficient (Wildman–Crippen LogP) is 0.917. The van der Waals surface area contributed by atoms with Crippen molar-refractivity contribution in [1.82, 2.24) is 0 Å². The smallest absolute Gasteiger partial charge is 0.328 e. The van der Waals surface area contributed by atoms with E-state index >= 15 is 0 Å². The van der Waals surface area contributed by atoms with Crippen molar-refractivity contribution < 1.29 is 14.6 Å². The quantitative estimate of drug-likeness (QED) is 0.586. The summed E-state index contributed by atoms with van der Waals surface area (Å²) in [6.45, 7) is 1.16. The summed E-state index contributed by atoms with van der Waals surface area (Å²) in [6, 6.07) is 8.45. The molecule has 5 heteroatoms. The molecule has 0 spiro atoms. The number of nitrogens with one attached hydrogen (secondary N) is 1. The Balaban J connectivity index is 2.41. The average molecular weight is 238 g/mol. The molecule has 0 aromatic heterocycles. The lowest BCUT2D eigenvalue weighted by molar-refractivity contribution is -0.139. The Hall–Kier alpha value is -1.59. The maximum Gasteiger partial charge on any atom is 0.328 e. The first-order valence-corrected chi connectivity index (χ1v) is 5.56. The van der Waals surface area contributed by atoms with E-state index in [4.69, 9.17) is 15.6 Å². The second-order valence-electron chi connectivity index (χ2n) is 3.62. The van der Waals surface area contributed by atoms with Gasteiger partial charge in [-0.2, -0.15) is 0 Å². The maximum absolute atomic E-state index is 11.0. The van der Waals surface area contributed by atoms with Crippen LogP contribution < -0.4 is 11.1 Å². The van der Waals surface area contributed by atoms with Crippen LogP contribution in [0.3, 0.4) is 0 Å². The van der Waals surface area contributed by atoms with Crippen LogP contribution in [0.5, 0.6) is 0 Å². The number of carboxylic acid groups (broad SMARTS) is 1. The van der Waals surface area contributed by atoms with E-state index in [1.54, 1.807) is 0 Å². The zero-order chi connectivity index (χ0) is 12.5. The van der Waals surface area contributed by atoms with Gasteiger partial charge in [0.1, 0.15) is 6.04 Å². The lowest BCUT2D eigenvalue weighted by Crippen LogP contribution is -2.34. The van der Waals surface area contributed by atoms with Crippen molar-refractivity contribution in [2.24, 2.45) is 5.73 Å². The van der Waals surface area contributed by atoms with Gasteiger partial charge in [0.05, 0.1) is 6.61 Å². The highest BCUT2D eigenvalue weighted by Gasteiger charge is 2.16. The van der Waals surface area contributed by atoms with Crippen molar-refractivity contribution in [3.05, 3.63) is 30.3 Å². The number of carboxylic acids is 1. The second kappa shape index (κ2) is 7.65. The number of para-hydroxylation sites is 1. The number of aliphatic carboxylic acids is 1. The standard InChI is InChI=1S/C12H18N2O3/c13-7-4-8-17-9-11(12(15)16)14-10-5-2-1-3-6-10/h1-3,5-6,11,14H,4,7-9,13H2,(H,15,16)/t11-/m0/s1. The molecule has 1 aromatic rings. The van der Waals surface area contributed by atoms with E-state index < -0.39 is 12.0 Å². The Morgan fingerprint density at radius 2 is 2.12 bits per heavy atom. The number of hydrogen-bond donors (Lipinski definition) is 3. The van der Waals surface area contributed by atoms with Gasteiger partial charge in [0, 0.05) is 12.3 Å². The molecule has 0 saturated heterocycles. The van der Waals surface area contributed by atoms with E-state index in [2.05, 4.69) is 5.32 Å². The van der Waals surface area contributed by atoms with Crippen LogP contribution in [-0.2, 0) is 9.53 Å². The van der Waals surface area contributed by atoms with Crippen LogP contribution in [0.15, 0.2) is 30.3 Å². The van der Waals surface area contributed by atoms with E-state index in [-0.39, 0.29) is 6.61 Å². The van der Waals surface area contributed by atoms with Gasteiger partial charge in [-0.05, 0) is 25.1 Å². The second-order valence-corrected chi connectivity index (χ2v) is 3.62. The highest BCUT2D eigenvalue weighted by atomic mass is 16.5. The molecule has 1 atom stereocenters. The number of rotatable bonds is 8. The largest absolute Gasteiger partial charge is 0.480 e. The van der Waals surface area contributed by atoms with Crippen molar-refractivity contribution in [1.29, 1.82) is 0 Å². The molecule has 0 aliphatic rings. The molecular weight excluding hydrogens is 220 g/mol. The topological polar surface area (TPSA) is 84.6 Å². The van der Waals surface area contributed by atoms with E-state index in [0.717, 1.165) is 12.1 Å². The lowest BCUT2D eigenvalue weighted by atomic mass is 10.2. The molecule has 0 radical (unpaired) electrons. The van der Waals surface area contributed by atoms with Gasteiger partial charge >= 0.3 is 5.97 Å². The molecule has 0 fully saturated rings. The molecule has 0 heterocycles. The molecule has 0 aliphatic carbocycles. The van der Waals surface area contributed by atoms with Crippen LogP contribution in [0.1, 0.15) is 6.42 Å². The molecule has 0 bridgehead atoms. The highest BCUT2D eigenvalue weighted by Crippen LogP contribution is 2.07. The first kappa shape index (κ1) is 13.5. The summed E-state index contributed by atoms with van der Waals surface area (Å²) in [5, 5.41) is 11.9. The zero-order valence-corrected chi connectivity index (χ0v) is 9.63. The number of ether oxygens (including phenoxy) is 1. The normalized spacial score (nSPS) is 12.1. The van der Waals surface area contributed by atoms with Crippen LogP contribution in [0.25, 0.3) is 0 Å². The summed E-state index contributed by atoms with van der Waals surface area (Å²) in [5.74, 6) is -0.929. The van der Waals surface area contributed by atoms with Crippen molar-refractivity contribution in [2.75, 3.05) is 25.1 Å². The SMILES string of the molecule is NCCCOC[C@H](Nc1ccccc1)C(=O)O. The first-order chi connectivity index (χ1) is 8.24. The van der Waals surface area contributed by atoms with Gasteiger partial charge in [-0.3, -0.25) is 0 Å². The molecule has 5 nitrogen and oxygen atoms in total. The molecule has 17 heavy (non-hydrogen) atoms. The molecular formula is C12H18N2O3. The molecule has 1 rings (SSSR count). The summed E-state index contributed by atoms with van der Waals surface area (Å²) >= 11 is 0. The Morgan fingerprint density at radius 1 is 1.41 bits per heavy atom. The fraction of sp³-hybridized carbons (Fsp3) is 0.417. The third-order valence-electron chi connectivity index (χ3n) is 2.19. The first-order valence-electron chi connectivity index (χ1n) is 5.56. The van der Waals surface area contributed by atoms with Gasteiger partial charge in [-0.25, -0.2) is 4.79 Å². The molecule has 94 valence electrons. The molecule has 4 N–H and O–H groups in total. The van der Waals surface area contributed by atoms with Crippen LogP contribution >= 0.6 is 0 Å². The maximum atomic E-state index is 11.0. The lowest BCUT2D eigenvalue weighted by Gasteiger charge is -2.15. The van der Waals surface area contributed by atoms with Crippen molar-refractivity contribution in [3.8, 4) is 0 Å². The van der Waals surface area contributed by atoms with Gasteiger partial charge in [-0.15, -0.1) is 0 Å². The fourth-order valence-electron chi connectivity index (χ4n) is 1.30.